The van der Waals surface area contributed by atoms with Crippen molar-refractivity contribution in [1.29, 1.82) is 0 Å². The van der Waals surface area contributed by atoms with E-state index in [-0.39, 0.29) is 6.09 Å². The topological polar surface area (TPSA) is 67.9 Å². The number of carbonyl (C=O) groups is 1. The van der Waals surface area contributed by atoms with Crippen LogP contribution in [0.5, 0.6) is 0 Å². The molecule has 1 fully saturated rings. The van der Waals surface area contributed by atoms with Crippen molar-refractivity contribution in [3.63, 3.8) is 0 Å². The molecule has 8 heteroatoms. The number of benzene rings is 1. The Balaban J connectivity index is 1.64. The number of hydrogen-bond donors (Lipinski definition) is 0. The van der Waals surface area contributed by atoms with Gasteiger partial charge in [0.25, 0.3) is 0 Å². The first kappa shape index (κ1) is 17.8. The van der Waals surface area contributed by atoms with Crippen LogP contribution in [0.2, 0.25) is 5.02 Å². The number of fused-ring (bicyclic) bond motifs is 1. The zero-order valence-electron chi connectivity index (χ0n) is 14.6. The predicted octanol–water partition coefficient (Wildman–Crippen LogP) is 2.76. The van der Waals surface area contributed by atoms with Gasteiger partial charge in [-0.25, -0.2) is 9.59 Å². The van der Waals surface area contributed by atoms with Crippen LogP contribution in [0, 0.1) is 0 Å². The molecule has 3 rings (SSSR count). The molecular formula is C17H22ClN3O4. The summed E-state index contributed by atoms with van der Waals surface area (Å²) in [5.74, 6) is -0.410. The van der Waals surface area contributed by atoms with Gasteiger partial charge >= 0.3 is 11.8 Å². The van der Waals surface area contributed by atoms with Crippen molar-refractivity contribution in [2.45, 2.75) is 33.0 Å². The average Bonchev–Trinajstić information content (AvgIpc) is 2.81. The molecule has 0 aliphatic carbocycles. The molecule has 25 heavy (non-hydrogen) atoms. The third kappa shape index (κ3) is 4.16. The van der Waals surface area contributed by atoms with Gasteiger partial charge in [0.2, 0.25) is 0 Å². The average molecular weight is 368 g/mol. The largest absolute Gasteiger partial charge is 0.444 e. The van der Waals surface area contributed by atoms with Crippen LogP contribution in [0.15, 0.2) is 27.4 Å². The smallest absolute Gasteiger partial charge is 0.421 e. The summed E-state index contributed by atoms with van der Waals surface area (Å²) in [4.78, 5) is 28.0. The Labute approximate surface area is 150 Å². The van der Waals surface area contributed by atoms with Gasteiger partial charge in [0, 0.05) is 37.3 Å². The van der Waals surface area contributed by atoms with Crippen molar-refractivity contribution in [2.75, 3.05) is 26.2 Å². The van der Waals surface area contributed by atoms with Crippen molar-refractivity contribution in [3.05, 3.63) is 33.8 Å². The highest BCUT2D eigenvalue weighted by Gasteiger charge is 2.26. The number of rotatable bonds is 2. The van der Waals surface area contributed by atoms with E-state index in [2.05, 4.69) is 4.90 Å². The van der Waals surface area contributed by atoms with E-state index in [0.29, 0.717) is 49.0 Å². The minimum atomic E-state index is -0.501. The van der Waals surface area contributed by atoms with Gasteiger partial charge in [-0.3, -0.25) is 9.47 Å². The number of oxazole rings is 1. The molecule has 0 spiro atoms. The highest BCUT2D eigenvalue weighted by Crippen LogP contribution is 2.19. The van der Waals surface area contributed by atoms with E-state index in [9.17, 15) is 9.59 Å². The van der Waals surface area contributed by atoms with Crippen LogP contribution in [-0.4, -0.2) is 52.2 Å². The maximum absolute atomic E-state index is 12.1. The first-order valence-corrected chi connectivity index (χ1v) is 8.60. The molecule has 1 aromatic heterocycles. The summed E-state index contributed by atoms with van der Waals surface area (Å²) in [7, 11) is 0. The fraction of sp³-hybridized carbons (Fsp3) is 0.529. The van der Waals surface area contributed by atoms with Crippen molar-refractivity contribution in [3.8, 4) is 0 Å². The van der Waals surface area contributed by atoms with Crippen molar-refractivity contribution in [2.24, 2.45) is 0 Å². The quantitative estimate of drug-likeness (QED) is 0.816. The maximum atomic E-state index is 12.1. The van der Waals surface area contributed by atoms with Gasteiger partial charge in [0.05, 0.1) is 12.2 Å². The number of hydrogen-bond acceptors (Lipinski definition) is 5. The monoisotopic (exact) mass is 367 g/mol. The van der Waals surface area contributed by atoms with Gasteiger partial charge < -0.3 is 14.1 Å². The normalized spacial score (nSPS) is 16.4. The highest BCUT2D eigenvalue weighted by atomic mass is 35.5. The maximum Gasteiger partial charge on any atom is 0.421 e. The third-order valence-corrected chi connectivity index (χ3v) is 4.23. The number of aromatic nitrogens is 1. The van der Waals surface area contributed by atoms with Gasteiger partial charge in [-0.05, 0) is 32.9 Å². The van der Waals surface area contributed by atoms with E-state index < -0.39 is 11.4 Å². The molecule has 2 heterocycles. The lowest BCUT2D eigenvalue weighted by Crippen LogP contribution is -2.50. The summed E-state index contributed by atoms with van der Waals surface area (Å²) in [6.07, 6.45) is -0.298. The Morgan fingerprint density at radius 2 is 1.92 bits per heavy atom. The minimum Gasteiger partial charge on any atom is -0.444 e. The second kappa shape index (κ2) is 6.72. The molecule has 1 aliphatic heterocycles. The van der Waals surface area contributed by atoms with Crippen LogP contribution in [0.25, 0.3) is 11.1 Å². The lowest BCUT2D eigenvalue weighted by atomic mass is 10.2. The van der Waals surface area contributed by atoms with E-state index in [1.807, 2.05) is 20.8 Å². The molecule has 136 valence electrons. The van der Waals surface area contributed by atoms with Gasteiger partial charge in [0.15, 0.2) is 5.58 Å². The molecule has 7 nitrogen and oxygen atoms in total. The van der Waals surface area contributed by atoms with Crippen LogP contribution in [-0.2, 0) is 11.4 Å². The Hall–Kier alpha value is -1.99. The Bertz CT molecular complexity index is 829. The number of ether oxygens (including phenoxy) is 1. The Morgan fingerprint density at radius 3 is 2.56 bits per heavy atom. The fourth-order valence-electron chi connectivity index (χ4n) is 2.77. The van der Waals surface area contributed by atoms with E-state index in [4.69, 9.17) is 20.8 Å². The molecule has 0 N–H and O–H groups in total. The van der Waals surface area contributed by atoms with Gasteiger partial charge in [-0.15, -0.1) is 0 Å². The molecule has 1 amide bonds. The molecule has 1 saturated heterocycles. The highest BCUT2D eigenvalue weighted by molar-refractivity contribution is 6.31. The first-order chi connectivity index (χ1) is 11.7. The molecule has 0 radical (unpaired) electrons. The third-order valence-electron chi connectivity index (χ3n) is 4.00. The van der Waals surface area contributed by atoms with E-state index in [0.717, 1.165) is 0 Å². The molecule has 0 bridgehead atoms. The molecular weight excluding hydrogens is 346 g/mol. The standard InChI is InChI=1S/C17H22ClN3O4/c1-17(2,3)25-15(22)20-8-6-19(7-9-20)11-21-13-5-4-12(18)10-14(13)24-16(21)23/h4-5,10H,6-9,11H2,1-3H3. The van der Waals surface area contributed by atoms with Gasteiger partial charge in [-0.1, -0.05) is 11.6 Å². The first-order valence-electron chi connectivity index (χ1n) is 8.22. The Morgan fingerprint density at radius 1 is 1.24 bits per heavy atom. The van der Waals surface area contributed by atoms with Crippen LogP contribution < -0.4 is 5.76 Å². The number of halogens is 1. The lowest BCUT2D eigenvalue weighted by Gasteiger charge is -2.35. The van der Waals surface area contributed by atoms with Crippen molar-refractivity contribution < 1.29 is 13.9 Å². The predicted molar refractivity (Wildman–Crippen MR) is 94.9 cm³/mol. The van der Waals surface area contributed by atoms with Crippen molar-refractivity contribution in [1.82, 2.24) is 14.4 Å². The second-order valence-electron chi connectivity index (χ2n) is 7.13. The SMILES string of the molecule is CC(C)(C)OC(=O)N1CCN(Cn2c(=O)oc3cc(Cl)ccc32)CC1. The molecule has 1 aromatic carbocycles. The van der Waals surface area contributed by atoms with Gasteiger partial charge in [-0.2, -0.15) is 0 Å². The second-order valence-corrected chi connectivity index (χ2v) is 7.57. The number of nitrogens with zero attached hydrogens (tertiary/aromatic N) is 3. The van der Waals surface area contributed by atoms with Crippen LogP contribution >= 0.6 is 11.6 Å². The van der Waals surface area contributed by atoms with Crippen LogP contribution in [0.1, 0.15) is 20.8 Å². The molecule has 0 atom stereocenters. The molecule has 2 aromatic rings. The summed E-state index contributed by atoms with van der Waals surface area (Å²) in [5, 5.41) is 0.527. The summed E-state index contributed by atoms with van der Waals surface area (Å²) in [6.45, 7) is 8.40. The summed E-state index contributed by atoms with van der Waals surface area (Å²) in [5.41, 5.74) is 0.687. The zero-order valence-corrected chi connectivity index (χ0v) is 15.4. The zero-order chi connectivity index (χ0) is 18.2. The van der Waals surface area contributed by atoms with Gasteiger partial charge in [0.1, 0.15) is 5.60 Å². The summed E-state index contributed by atoms with van der Waals surface area (Å²) in [6, 6.07) is 5.14. The lowest BCUT2D eigenvalue weighted by molar-refractivity contribution is 0.0117. The Kier molecular flexibility index (Phi) is 4.79. The van der Waals surface area contributed by atoms with E-state index in [1.165, 1.54) is 0 Å². The minimum absolute atomic E-state index is 0.298. The number of carbonyl (C=O) groups excluding carboxylic acids is 1. The molecule has 1 aliphatic rings. The number of amides is 1. The summed E-state index contributed by atoms with van der Waals surface area (Å²) < 4.78 is 12.2. The fourth-order valence-corrected chi connectivity index (χ4v) is 2.93. The molecule has 0 saturated carbocycles. The van der Waals surface area contributed by atoms with E-state index >= 15 is 0 Å². The van der Waals surface area contributed by atoms with Crippen LogP contribution in [0.3, 0.4) is 0 Å². The van der Waals surface area contributed by atoms with Crippen molar-refractivity contribution >= 4 is 28.8 Å². The summed E-state index contributed by atoms with van der Waals surface area (Å²) >= 11 is 5.93. The van der Waals surface area contributed by atoms with Crippen LogP contribution in [0.4, 0.5) is 4.79 Å². The molecule has 0 unspecified atom stereocenters. The van der Waals surface area contributed by atoms with E-state index in [1.54, 1.807) is 27.7 Å². The number of piperazine rings is 1.